The van der Waals surface area contributed by atoms with E-state index in [1.807, 2.05) is 78.9 Å². The highest BCUT2D eigenvalue weighted by Gasteiger charge is 2.45. The molecule has 5 fully saturated rings. The molecule has 10 aromatic rings. The van der Waals surface area contributed by atoms with Crippen LogP contribution in [-0.4, -0.2) is 186 Å². The molecule has 5 heterocycles. The van der Waals surface area contributed by atoms with E-state index in [2.05, 4.69) is 151 Å². The largest absolute Gasteiger partial charge is 0.483 e. The van der Waals surface area contributed by atoms with Gasteiger partial charge in [-0.25, -0.2) is 35.1 Å². The van der Waals surface area contributed by atoms with E-state index in [4.69, 9.17) is 35.3 Å². The minimum Gasteiger partial charge on any atom is -0.483 e. The van der Waals surface area contributed by atoms with Gasteiger partial charge in [0, 0.05) is 83.6 Å². The lowest BCUT2D eigenvalue weighted by Gasteiger charge is -2.32. The molecule has 128 heavy (non-hydrogen) atoms. The van der Waals surface area contributed by atoms with Crippen molar-refractivity contribution in [1.29, 1.82) is 0 Å². The van der Waals surface area contributed by atoms with Crippen LogP contribution in [0.4, 0.5) is 39.5 Å². The van der Waals surface area contributed by atoms with Crippen molar-refractivity contribution in [3.8, 4) is 28.7 Å². The predicted molar refractivity (Wildman–Crippen MR) is 489 cm³/mol. The molecule has 0 spiro atoms. The van der Waals surface area contributed by atoms with Crippen LogP contribution in [0.5, 0.6) is 28.7 Å². The second-order valence-electron chi connectivity index (χ2n) is 34.3. The van der Waals surface area contributed by atoms with Crippen molar-refractivity contribution in [2.24, 2.45) is 0 Å². The molecular weight excluding hydrogens is 1800 g/mol. The maximum absolute atomic E-state index is 14.4. The quantitative estimate of drug-likeness (QED) is 0.0494. The molecule has 5 saturated heterocycles. The zero-order valence-corrected chi connectivity index (χ0v) is 75.7. The molecule has 5 aliphatic heterocycles. The average Bonchev–Trinajstić information content (AvgIpc) is 1.60. The fraction of sp³-hybridized carbons (Fsp3) is 0.406. The van der Waals surface area contributed by atoms with E-state index >= 15 is 0 Å². The topological polar surface area (TPSA) is 122 Å². The van der Waals surface area contributed by atoms with Crippen LogP contribution in [0.3, 0.4) is 0 Å². The van der Waals surface area contributed by atoms with Crippen LogP contribution in [0.15, 0.2) is 203 Å². The molecule has 27 heteroatoms. The van der Waals surface area contributed by atoms with Crippen LogP contribution in [-0.2, 0) is 32.1 Å². The number of hydrogen-bond donors (Lipinski definition) is 5. The van der Waals surface area contributed by atoms with Gasteiger partial charge in [-0.05, 0) is 272 Å². The van der Waals surface area contributed by atoms with Gasteiger partial charge in [-0.1, -0.05) is 145 Å². The van der Waals surface area contributed by atoms with Crippen LogP contribution in [0.1, 0.15) is 124 Å². The maximum atomic E-state index is 14.4. The van der Waals surface area contributed by atoms with Crippen LogP contribution in [0.25, 0.3) is 0 Å². The molecule has 15 nitrogen and oxygen atoms in total. The van der Waals surface area contributed by atoms with Gasteiger partial charge in [-0.15, -0.1) is 0 Å². The Morgan fingerprint density at radius 1 is 0.289 bits per heavy atom. The summed E-state index contributed by atoms with van der Waals surface area (Å²) in [6.07, 6.45) is 8.58. The summed E-state index contributed by atoms with van der Waals surface area (Å²) in [5.74, 6) is -7.35. The number of halogens is 12. The van der Waals surface area contributed by atoms with E-state index in [9.17, 15) is 39.5 Å². The van der Waals surface area contributed by atoms with Crippen LogP contribution in [0, 0.1) is 59.3 Å². The molecule has 0 bridgehead atoms. The standard InChI is InChI=1S/C21H25ClN2O.C20H21BrF2N2O.C20H22BrFN2O.2C20H21F3N2O/c1-15-6-4-9-18(22)20(15)25-21-17-8-3-2-7-16(17)14-19(21)24-12-5-10-23-11-13-24;21-16-11-14(22)12-17(23)20(16)26-19-15-5-2-1-4-13(15)10-18(19)25-8-3-6-24-7-9-25;21-17-13-15(22)6-7-19(17)25-20-16-5-2-1-4-14(16)12-18(20)24-10-3-8-23-9-11-24;21-15-6-7-16(22)20(18(15)23)26-19-14-5-2-1-4-13(14)12-17(19)25-10-3-8-24-9-11-25;21-14-11-16(22)20(17(23)12-14)26-19-15-5-2-1-4-13(15)10-18(19)25-8-3-6-24-7-9-25/h2-4,6-9,19,21,23H,5,10-14H2,1H3;1-2,4-5,11-12,18-19,24H,3,6-10H2;1-2,4-7,13,18,20,23H,3,8-12H2;1-2,4-7,17,19,24H,3,8-12H2;1-2,4-5,11-12,18-19,24H,3,6-10H2/t19-,21-;18-,19-;18-,20-;17-,19-;18-,19-/m11111/s1. The number of hydrogen-bond acceptors (Lipinski definition) is 15. The molecule has 0 aromatic heterocycles. The summed E-state index contributed by atoms with van der Waals surface area (Å²) in [5.41, 5.74) is 12.8. The average molecular weight is 1910 g/mol. The van der Waals surface area contributed by atoms with Crippen molar-refractivity contribution in [2.45, 2.75) is 132 Å². The fourth-order valence-corrected chi connectivity index (χ4v) is 21.1. The number of rotatable bonds is 15. The van der Waals surface area contributed by atoms with E-state index < -0.39 is 70.2 Å². The molecule has 5 aliphatic carbocycles. The smallest absolute Gasteiger partial charge is 0.203 e. The summed E-state index contributed by atoms with van der Waals surface area (Å²) in [5, 5.41) is 17.8. The first-order chi connectivity index (χ1) is 62.4. The highest BCUT2D eigenvalue weighted by Crippen LogP contribution is 2.47. The summed E-state index contributed by atoms with van der Waals surface area (Å²) in [4.78, 5) is 12.2. The Morgan fingerprint density at radius 3 is 0.961 bits per heavy atom. The van der Waals surface area contributed by atoms with Crippen molar-refractivity contribution in [2.75, 3.05) is 131 Å². The molecule has 678 valence electrons. The molecule has 0 unspecified atom stereocenters. The highest BCUT2D eigenvalue weighted by atomic mass is 79.9. The summed E-state index contributed by atoms with van der Waals surface area (Å²) in [7, 11) is 0. The number of nitrogens with zero attached hydrogens (tertiary/aromatic N) is 5. The van der Waals surface area contributed by atoms with Gasteiger partial charge in [0.25, 0.3) is 0 Å². The monoisotopic (exact) mass is 1910 g/mol. The van der Waals surface area contributed by atoms with E-state index in [-0.39, 0.29) is 48.0 Å². The first kappa shape index (κ1) is 92.7. The summed E-state index contributed by atoms with van der Waals surface area (Å²) in [6.45, 7) is 21.6. The minimum absolute atomic E-state index is 0.00356. The minimum atomic E-state index is -1.27. The van der Waals surface area contributed by atoms with Gasteiger partial charge in [0.05, 0.1) is 44.2 Å². The molecule has 0 amide bonds. The number of aryl methyl sites for hydroxylation is 1. The molecule has 20 rings (SSSR count). The summed E-state index contributed by atoms with van der Waals surface area (Å²) < 4.78 is 156. The normalized spacial score (nSPS) is 23.7. The third-order valence-corrected chi connectivity index (χ3v) is 27.6. The maximum Gasteiger partial charge on any atom is 0.203 e. The SMILES string of the molecule is Cc1cccc(Cl)c1O[C@@H]1c2ccccc2C[C@H]1N1CCCNCC1.Fc1cc(F)c(O[C@@H]2c3ccccc3C[C@H]2N2CCCNCC2)c(Br)c1.Fc1cc(F)c(O[C@@H]2c3ccccc3C[C@H]2N2CCCNCC2)c(F)c1.Fc1ccc(F)c(O[C@@H]2c3ccccc3C[C@H]2N2CCCNCC2)c1F.Fc1ccc(O[C@@H]2c3ccccc3C[C@H]2N2CCCNCC2)c(Br)c1. The van der Waals surface area contributed by atoms with Crippen LogP contribution in [0.2, 0.25) is 5.02 Å². The molecule has 5 N–H and O–H groups in total. The van der Waals surface area contributed by atoms with E-state index in [1.165, 1.54) is 52.4 Å². The number of fused-ring (bicyclic) bond motifs is 5. The van der Waals surface area contributed by atoms with Gasteiger partial charge in [0.1, 0.15) is 59.5 Å². The predicted octanol–water partition coefficient (Wildman–Crippen LogP) is 18.9. The van der Waals surface area contributed by atoms with Gasteiger partial charge in [-0.2, -0.15) is 4.39 Å². The summed E-state index contributed by atoms with van der Waals surface area (Å²) in [6, 6.07) is 57.4. The Morgan fingerprint density at radius 2 is 0.602 bits per heavy atom. The Labute approximate surface area is 766 Å². The third-order valence-electron chi connectivity index (χ3n) is 26.1. The van der Waals surface area contributed by atoms with Crippen molar-refractivity contribution in [3.63, 3.8) is 0 Å². The Bertz CT molecular complexity index is 5190. The van der Waals surface area contributed by atoms with E-state index in [0.717, 1.165) is 246 Å². The lowest BCUT2D eigenvalue weighted by molar-refractivity contribution is 0.0751. The van der Waals surface area contributed by atoms with E-state index in [0.29, 0.717) is 43.9 Å². The van der Waals surface area contributed by atoms with Gasteiger partial charge < -0.3 is 50.3 Å². The van der Waals surface area contributed by atoms with Crippen molar-refractivity contribution < 1.29 is 63.2 Å². The Hall–Kier alpha value is -8.58. The first-order valence-corrected chi connectivity index (χ1v) is 46.9. The van der Waals surface area contributed by atoms with Crippen LogP contribution < -0.4 is 50.3 Å². The zero-order chi connectivity index (χ0) is 88.7. The lowest BCUT2D eigenvalue weighted by atomic mass is 10.1. The number of nitrogens with one attached hydrogen (secondary N) is 5. The molecular formula is C101H110Br2ClF9N10O5. The molecule has 0 radical (unpaired) electrons. The molecule has 10 atom stereocenters. The van der Waals surface area contributed by atoms with Crippen molar-refractivity contribution >= 4 is 43.5 Å². The molecule has 0 saturated carbocycles. The zero-order valence-electron chi connectivity index (χ0n) is 71.8. The number of ether oxygens (including phenoxy) is 5. The van der Waals surface area contributed by atoms with Crippen LogP contribution >= 0.6 is 43.5 Å². The number of para-hydroxylation sites is 1. The van der Waals surface area contributed by atoms with Gasteiger partial charge in [0.2, 0.25) is 5.82 Å². The van der Waals surface area contributed by atoms with Crippen molar-refractivity contribution in [3.05, 3.63) is 322 Å². The molecule has 10 aromatic carbocycles. The fourth-order valence-electron chi connectivity index (χ4n) is 19.9. The van der Waals surface area contributed by atoms with Crippen molar-refractivity contribution in [1.82, 2.24) is 51.1 Å². The number of benzene rings is 10. The Kier molecular flexibility index (Phi) is 31.9. The lowest BCUT2D eigenvalue weighted by Crippen LogP contribution is -2.42. The van der Waals surface area contributed by atoms with Gasteiger partial charge >= 0.3 is 0 Å². The van der Waals surface area contributed by atoms with Gasteiger partial charge in [-0.3, -0.25) is 24.5 Å². The van der Waals surface area contributed by atoms with E-state index in [1.54, 1.807) is 6.07 Å². The second-order valence-corrected chi connectivity index (χ2v) is 36.4. The third kappa shape index (κ3) is 22.3. The summed E-state index contributed by atoms with van der Waals surface area (Å²) >= 11 is 13.1. The highest BCUT2D eigenvalue weighted by molar-refractivity contribution is 9.11. The molecule has 10 aliphatic rings. The Balaban J connectivity index is 0.000000117. The first-order valence-electron chi connectivity index (χ1n) is 45.0. The van der Waals surface area contributed by atoms with Gasteiger partial charge in [0.15, 0.2) is 46.3 Å². The second kappa shape index (κ2) is 44.1.